The molecule has 182 valence electrons. The number of aliphatic hydroxyl groups excluding tert-OH is 1. The zero-order valence-corrected chi connectivity index (χ0v) is 21.4. The predicted molar refractivity (Wildman–Crippen MR) is 129 cm³/mol. The van der Waals surface area contributed by atoms with E-state index < -0.39 is 5.60 Å². The average Bonchev–Trinajstić information content (AvgIpc) is 3.04. The quantitative estimate of drug-likeness (QED) is 0.573. The van der Waals surface area contributed by atoms with Gasteiger partial charge < -0.3 is 15.1 Å². The van der Waals surface area contributed by atoms with Crippen LogP contribution in [-0.2, 0) is 4.79 Å². The van der Waals surface area contributed by atoms with Gasteiger partial charge in [0, 0.05) is 20.0 Å². The predicted octanol–water partition coefficient (Wildman–Crippen LogP) is 5.18. The molecule has 0 unspecified atom stereocenters. The highest BCUT2D eigenvalue weighted by atomic mass is 16.3. The second-order valence-corrected chi connectivity index (χ2v) is 13.1. The molecule has 3 saturated carbocycles. The van der Waals surface area contributed by atoms with E-state index in [-0.39, 0.29) is 12.0 Å². The van der Waals surface area contributed by atoms with Gasteiger partial charge in [0.15, 0.2) is 0 Å². The van der Waals surface area contributed by atoms with Crippen molar-refractivity contribution in [2.24, 2.45) is 40.4 Å². The molecule has 4 rings (SSSR count). The van der Waals surface area contributed by atoms with Crippen LogP contribution in [0.2, 0.25) is 0 Å². The molecule has 0 heterocycles. The molecule has 4 aliphatic rings. The van der Waals surface area contributed by atoms with Crippen molar-refractivity contribution in [1.29, 1.82) is 0 Å². The molecule has 0 aromatic rings. The van der Waals surface area contributed by atoms with Gasteiger partial charge in [-0.3, -0.25) is 4.79 Å². The lowest BCUT2D eigenvalue weighted by Crippen LogP contribution is -2.51. The lowest BCUT2D eigenvalue weighted by molar-refractivity contribution is -0.133. The molecular formula is C28H47NO3. The first-order valence-corrected chi connectivity index (χ1v) is 13.2. The second kappa shape index (κ2) is 8.41. The molecule has 32 heavy (non-hydrogen) atoms. The monoisotopic (exact) mass is 445 g/mol. The topological polar surface area (TPSA) is 60.8 Å². The van der Waals surface area contributed by atoms with E-state index in [1.807, 2.05) is 4.90 Å². The highest BCUT2D eigenvalue weighted by Gasteiger charge is 2.59. The Labute approximate surface area is 195 Å². The number of fused-ring (bicyclic) bond motifs is 5. The number of hydrogen-bond acceptors (Lipinski definition) is 3. The molecule has 0 radical (unpaired) electrons. The number of nitrogens with zero attached hydrogens (tertiary/aromatic N) is 1. The van der Waals surface area contributed by atoms with E-state index >= 15 is 0 Å². The van der Waals surface area contributed by atoms with Crippen molar-refractivity contribution in [2.75, 3.05) is 13.1 Å². The molecule has 3 fully saturated rings. The van der Waals surface area contributed by atoms with Gasteiger partial charge in [-0.2, -0.15) is 0 Å². The SMILES string of the molecule is CC(=O)N(C[C@@H](C)[C@H]1CC[C@H]2[C@@H]3CC=C4C[C@@H](O)CC[C@]4(C)[C@H]3CC[C@]12C)CC(C)(C)O. The molecule has 8 atom stereocenters. The maximum Gasteiger partial charge on any atom is 0.219 e. The number of allylic oxidation sites excluding steroid dienone is 1. The average molecular weight is 446 g/mol. The van der Waals surface area contributed by atoms with Crippen LogP contribution in [0, 0.1) is 40.4 Å². The molecule has 4 nitrogen and oxygen atoms in total. The van der Waals surface area contributed by atoms with Crippen molar-refractivity contribution in [3.05, 3.63) is 11.6 Å². The minimum atomic E-state index is -0.860. The zero-order valence-electron chi connectivity index (χ0n) is 21.4. The molecule has 4 heteroatoms. The summed E-state index contributed by atoms with van der Waals surface area (Å²) in [5.74, 6) is 3.47. The molecule has 4 aliphatic carbocycles. The van der Waals surface area contributed by atoms with Crippen molar-refractivity contribution in [3.63, 3.8) is 0 Å². The number of carbonyl (C=O) groups is 1. The van der Waals surface area contributed by atoms with E-state index in [1.165, 1.54) is 32.1 Å². The number of rotatable bonds is 5. The van der Waals surface area contributed by atoms with Crippen LogP contribution in [0.5, 0.6) is 0 Å². The molecule has 0 saturated heterocycles. The van der Waals surface area contributed by atoms with Crippen molar-refractivity contribution >= 4 is 5.91 Å². The summed E-state index contributed by atoms with van der Waals surface area (Å²) >= 11 is 0. The Hall–Kier alpha value is -0.870. The van der Waals surface area contributed by atoms with E-state index in [4.69, 9.17) is 0 Å². The summed E-state index contributed by atoms with van der Waals surface area (Å²) in [6.07, 6.45) is 11.8. The van der Waals surface area contributed by atoms with Crippen LogP contribution in [-0.4, -0.2) is 45.8 Å². The van der Waals surface area contributed by atoms with Gasteiger partial charge in [-0.05, 0) is 106 Å². The fraction of sp³-hybridized carbons (Fsp3) is 0.893. The maximum absolute atomic E-state index is 12.3. The van der Waals surface area contributed by atoms with Crippen molar-refractivity contribution in [1.82, 2.24) is 4.90 Å². The van der Waals surface area contributed by atoms with Crippen LogP contribution >= 0.6 is 0 Å². The van der Waals surface area contributed by atoms with Gasteiger partial charge in [-0.15, -0.1) is 0 Å². The third-order valence-electron chi connectivity index (χ3n) is 10.4. The Morgan fingerprint density at radius 3 is 2.56 bits per heavy atom. The van der Waals surface area contributed by atoms with E-state index in [0.717, 1.165) is 43.6 Å². The molecule has 0 bridgehead atoms. The Kier molecular flexibility index (Phi) is 6.38. The van der Waals surface area contributed by atoms with Gasteiger partial charge in [0.2, 0.25) is 5.91 Å². The number of aliphatic hydroxyl groups is 2. The summed E-state index contributed by atoms with van der Waals surface area (Å²) < 4.78 is 0. The van der Waals surface area contributed by atoms with Gasteiger partial charge in [0.05, 0.1) is 11.7 Å². The molecule has 1 amide bonds. The van der Waals surface area contributed by atoms with Gasteiger partial charge >= 0.3 is 0 Å². The number of amides is 1. The zero-order chi connectivity index (χ0) is 23.5. The summed E-state index contributed by atoms with van der Waals surface area (Å²) in [6.45, 7) is 13.8. The van der Waals surface area contributed by atoms with Gasteiger partial charge in [0.1, 0.15) is 0 Å². The summed E-state index contributed by atoms with van der Waals surface area (Å²) in [6, 6.07) is 0. The van der Waals surface area contributed by atoms with Crippen LogP contribution in [0.15, 0.2) is 11.6 Å². The third kappa shape index (κ3) is 4.19. The summed E-state index contributed by atoms with van der Waals surface area (Å²) in [5, 5.41) is 20.5. The first kappa shape index (κ1) is 24.3. The Morgan fingerprint density at radius 2 is 1.91 bits per heavy atom. The lowest BCUT2D eigenvalue weighted by atomic mass is 9.47. The Morgan fingerprint density at radius 1 is 1.19 bits per heavy atom. The number of carbonyl (C=O) groups excluding carboxylic acids is 1. The van der Waals surface area contributed by atoms with Crippen molar-refractivity contribution in [2.45, 2.75) is 105 Å². The minimum Gasteiger partial charge on any atom is -0.393 e. The fourth-order valence-electron chi connectivity index (χ4n) is 8.86. The highest BCUT2D eigenvalue weighted by Crippen LogP contribution is 2.67. The first-order chi connectivity index (χ1) is 14.8. The summed E-state index contributed by atoms with van der Waals surface area (Å²) in [5.41, 5.74) is 1.34. The lowest BCUT2D eigenvalue weighted by Gasteiger charge is -2.58. The molecule has 0 aliphatic heterocycles. The maximum atomic E-state index is 12.3. The summed E-state index contributed by atoms with van der Waals surface area (Å²) in [4.78, 5) is 14.2. The van der Waals surface area contributed by atoms with Crippen molar-refractivity contribution in [3.8, 4) is 0 Å². The van der Waals surface area contributed by atoms with Gasteiger partial charge in [0.25, 0.3) is 0 Å². The smallest absolute Gasteiger partial charge is 0.219 e. The molecule has 2 N–H and O–H groups in total. The van der Waals surface area contributed by atoms with E-state index in [9.17, 15) is 15.0 Å². The van der Waals surface area contributed by atoms with Gasteiger partial charge in [-0.25, -0.2) is 0 Å². The minimum absolute atomic E-state index is 0.0692. The van der Waals surface area contributed by atoms with Gasteiger partial charge in [-0.1, -0.05) is 32.4 Å². The van der Waals surface area contributed by atoms with Crippen LogP contribution in [0.4, 0.5) is 0 Å². The van der Waals surface area contributed by atoms with E-state index in [2.05, 4.69) is 26.8 Å². The summed E-state index contributed by atoms with van der Waals surface area (Å²) in [7, 11) is 0. The standard InChI is InChI=1S/C28H47NO3/c1-18(16-29(19(2)30)17-26(3,4)32)23-9-10-24-22-8-7-20-15-21(31)11-13-27(20,5)25(22)12-14-28(23,24)6/h7,18,21-25,31-32H,8-17H2,1-6H3/t18-,21+,22+,23-,24+,25+,27+,28-/m1/s1. The fourth-order valence-corrected chi connectivity index (χ4v) is 8.86. The normalized spacial score (nSPS) is 42.4. The molecule has 0 aromatic carbocycles. The third-order valence-corrected chi connectivity index (χ3v) is 10.4. The largest absolute Gasteiger partial charge is 0.393 e. The van der Waals surface area contributed by atoms with E-state index in [0.29, 0.717) is 29.2 Å². The van der Waals surface area contributed by atoms with Crippen LogP contribution in [0.1, 0.15) is 92.9 Å². The second-order valence-electron chi connectivity index (χ2n) is 13.1. The number of hydrogen-bond donors (Lipinski definition) is 2. The molecular weight excluding hydrogens is 398 g/mol. The van der Waals surface area contributed by atoms with Crippen LogP contribution < -0.4 is 0 Å². The highest BCUT2D eigenvalue weighted by molar-refractivity contribution is 5.73. The van der Waals surface area contributed by atoms with E-state index in [1.54, 1.807) is 26.3 Å². The van der Waals surface area contributed by atoms with Crippen molar-refractivity contribution < 1.29 is 15.0 Å². The van der Waals surface area contributed by atoms with Crippen LogP contribution in [0.25, 0.3) is 0 Å². The van der Waals surface area contributed by atoms with Crippen LogP contribution in [0.3, 0.4) is 0 Å². The first-order valence-electron chi connectivity index (χ1n) is 13.2. The molecule has 0 spiro atoms. The molecule has 0 aromatic heterocycles. The Bertz CT molecular complexity index is 754. The Balaban J connectivity index is 1.51.